The number of ether oxygens (including phenoxy) is 1. The lowest BCUT2D eigenvalue weighted by Gasteiger charge is -2.28. The Balaban J connectivity index is 1.46. The fraction of sp³-hybridized carbons (Fsp3) is 0.400. The summed E-state index contributed by atoms with van der Waals surface area (Å²) in [6.45, 7) is 0. The summed E-state index contributed by atoms with van der Waals surface area (Å²) in [7, 11) is 0. The molecule has 21 heavy (non-hydrogen) atoms. The van der Waals surface area contributed by atoms with Crippen LogP contribution in [-0.4, -0.2) is 28.0 Å². The lowest BCUT2D eigenvalue weighted by atomic mass is 9.93. The molecule has 2 aromatic heterocycles. The summed E-state index contributed by atoms with van der Waals surface area (Å²) in [4.78, 5) is 20.0. The number of furan rings is 1. The fourth-order valence-corrected chi connectivity index (χ4v) is 2.50. The topological polar surface area (TPSA) is 77.2 Å². The van der Waals surface area contributed by atoms with Gasteiger partial charge in [-0.1, -0.05) is 0 Å². The molecule has 6 heteroatoms. The van der Waals surface area contributed by atoms with Crippen LogP contribution in [0.25, 0.3) is 0 Å². The van der Waals surface area contributed by atoms with Crippen LogP contribution in [0.3, 0.4) is 0 Å². The van der Waals surface area contributed by atoms with Gasteiger partial charge in [0.2, 0.25) is 5.88 Å². The molecule has 0 spiro atoms. The Kier molecular flexibility index (Phi) is 4.14. The molecule has 0 saturated heterocycles. The lowest BCUT2D eigenvalue weighted by molar-refractivity contribution is 0.0889. The maximum Gasteiger partial charge on any atom is 0.254 e. The molecule has 1 aliphatic rings. The number of nitrogens with one attached hydrogen (secondary N) is 1. The van der Waals surface area contributed by atoms with Crippen molar-refractivity contribution >= 4 is 5.91 Å². The second-order valence-corrected chi connectivity index (χ2v) is 5.12. The molecule has 0 aliphatic heterocycles. The summed E-state index contributed by atoms with van der Waals surface area (Å²) in [5, 5.41) is 3.02. The van der Waals surface area contributed by atoms with Crippen molar-refractivity contribution in [1.29, 1.82) is 0 Å². The van der Waals surface area contributed by atoms with Crippen LogP contribution >= 0.6 is 0 Å². The molecule has 1 N–H and O–H groups in total. The third-order valence-electron chi connectivity index (χ3n) is 3.62. The van der Waals surface area contributed by atoms with Crippen LogP contribution in [0.2, 0.25) is 0 Å². The molecule has 1 amide bonds. The third kappa shape index (κ3) is 3.59. The van der Waals surface area contributed by atoms with Gasteiger partial charge < -0.3 is 14.5 Å². The highest BCUT2D eigenvalue weighted by atomic mass is 16.5. The highest BCUT2D eigenvalue weighted by molar-refractivity contribution is 5.93. The standard InChI is InChI=1S/C15H17N3O3/c19-15(11-5-8-20-10-11)18-12-1-3-13(4-2-12)21-14-9-16-6-7-17-14/h5-10,12-13H,1-4H2,(H,18,19). The molecule has 2 aromatic rings. The Labute approximate surface area is 122 Å². The van der Waals surface area contributed by atoms with Crippen molar-refractivity contribution in [3.63, 3.8) is 0 Å². The SMILES string of the molecule is O=C(NC1CCC(Oc2cnccn2)CC1)c1ccoc1. The van der Waals surface area contributed by atoms with Gasteiger partial charge in [0.15, 0.2) is 0 Å². The largest absolute Gasteiger partial charge is 0.473 e. The molecule has 0 unspecified atom stereocenters. The Bertz CT molecular complexity index is 563. The van der Waals surface area contributed by atoms with Crippen LogP contribution in [0.5, 0.6) is 5.88 Å². The van der Waals surface area contributed by atoms with Crippen LogP contribution in [-0.2, 0) is 0 Å². The summed E-state index contributed by atoms with van der Waals surface area (Å²) in [5.74, 6) is 0.477. The highest BCUT2D eigenvalue weighted by Crippen LogP contribution is 2.22. The Morgan fingerprint density at radius 1 is 1.29 bits per heavy atom. The van der Waals surface area contributed by atoms with E-state index in [0.717, 1.165) is 25.7 Å². The summed E-state index contributed by atoms with van der Waals surface area (Å²) in [6.07, 6.45) is 11.5. The number of rotatable bonds is 4. The van der Waals surface area contributed by atoms with Crippen LogP contribution in [0.4, 0.5) is 0 Å². The zero-order chi connectivity index (χ0) is 14.5. The number of carbonyl (C=O) groups is 1. The number of carbonyl (C=O) groups excluding carboxylic acids is 1. The molecule has 0 atom stereocenters. The van der Waals surface area contributed by atoms with Gasteiger partial charge in [-0.2, -0.15) is 0 Å². The van der Waals surface area contributed by atoms with Crippen molar-refractivity contribution in [3.8, 4) is 5.88 Å². The van der Waals surface area contributed by atoms with Crippen molar-refractivity contribution in [2.24, 2.45) is 0 Å². The minimum Gasteiger partial charge on any atom is -0.473 e. The zero-order valence-electron chi connectivity index (χ0n) is 11.6. The quantitative estimate of drug-likeness (QED) is 0.932. The average molecular weight is 287 g/mol. The number of amides is 1. The first kappa shape index (κ1) is 13.6. The molecule has 0 aromatic carbocycles. The average Bonchev–Trinajstić information content (AvgIpc) is 3.05. The molecule has 1 saturated carbocycles. The van der Waals surface area contributed by atoms with Crippen molar-refractivity contribution in [2.45, 2.75) is 37.8 Å². The lowest BCUT2D eigenvalue weighted by Crippen LogP contribution is -2.39. The molecule has 0 radical (unpaired) electrons. The van der Waals surface area contributed by atoms with Gasteiger partial charge in [0.05, 0.1) is 18.0 Å². The number of nitrogens with zero attached hydrogens (tertiary/aromatic N) is 2. The molecular weight excluding hydrogens is 270 g/mol. The van der Waals surface area contributed by atoms with Gasteiger partial charge in [-0.15, -0.1) is 0 Å². The first-order valence-electron chi connectivity index (χ1n) is 7.07. The molecule has 2 heterocycles. The van der Waals surface area contributed by atoms with Crippen LogP contribution in [0.15, 0.2) is 41.6 Å². The van der Waals surface area contributed by atoms with Crippen LogP contribution in [0.1, 0.15) is 36.0 Å². The Morgan fingerprint density at radius 2 is 2.14 bits per heavy atom. The van der Waals surface area contributed by atoms with E-state index in [1.165, 1.54) is 12.5 Å². The van der Waals surface area contributed by atoms with Crippen LogP contribution < -0.4 is 10.1 Å². The second-order valence-electron chi connectivity index (χ2n) is 5.12. The second kappa shape index (κ2) is 6.39. The predicted octanol–water partition coefficient (Wildman–Crippen LogP) is 2.19. The minimum absolute atomic E-state index is 0.0814. The molecule has 6 nitrogen and oxygen atoms in total. The van der Waals surface area contributed by atoms with Crippen LogP contribution in [0, 0.1) is 0 Å². The smallest absolute Gasteiger partial charge is 0.254 e. The van der Waals surface area contributed by atoms with E-state index in [1.807, 2.05) is 0 Å². The number of hydrogen-bond acceptors (Lipinski definition) is 5. The molecule has 1 aliphatic carbocycles. The van der Waals surface area contributed by atoms with Crippen molar-refractivity contribution in [1.82, 2.24) is 15.3 Å². The van der Waals surface area contributed by atoms with E-state index in [-0.39, 0.29) is 18.1 Å². The normalized spacial score (nSPS) is 21.7. The molecule has 1 fully saturated rings. The van der Waals surface area contributed by atoms with Gasteiger partial charge in [0.25, 0.3) is 5.91 Å². The summed E-state index contributed by atoms with van der Waals surface area (Å²) in [6, 6.07) is 1.85. The van der Waals surface area contributed by atoms with Gasteiger partial charge >= 0.3 is 0 Å². The van der Waals surface area contributed by atoms with Gasteiger partial charge in [-0.3, -0.25) is 9.78 Å². The molecular formula is C15H17N3O3. The maximum absolute atomic E-state index is 11.9. The number of hydrogen-bond donors (Lipinski definition) is 1. The predicted molar refractivity (Wildman–Crippen MR) is 74.9 cm³/mol. The summed E-state index contributed by atoms with van der Waals surface area (Å²) < 4.78 is 10.7. The first-order chi connectivity index (χ1) is 10.3. The molecule has 3 rings (SSSR count). The maximum atomic E-state index is 11.9. The fourth-order valence-electron chi connectivity index (χ4n) is 2.50. The van der Waals surface area contributed by atoms with E-state index in [1.54, 1.807) is 24.7 Å². The zero-order valence-corrected chi connectivity index (χ0v) is 11.6. The van der Waals surface area contributed by atoms with Gasteiger partial charge in [0.1, 0.15) is 12.4 Å². The monoisotopic (exact) mass is 287 g/mol. The van der Waals surface area contributed by atoms with Gasteiger partial charge in [0, 0.05) is 18.4 Å². The summed E-state index contributed by atoms with van der Waals surface area (Å²) in [5.41, 5.74) is 0.563. The molecule has 0 bridgehead atoms. The third-order valence-corrected chi connectivity index (χ3v) is 3.62. The Hall–Kier alpha value is -2.37. The minimum atomic E-state index is -0.0814. The van der Waals surface area contributed by atoms with E-state index >= 15 is 0 Å². The van der Waals surface area contributed by atoms with E-state index in [9.17, 15) is 4.79 Å². The highest BCUT2D eigenvalue weighted by Gasteiger charge is 2.24. The summed E-state index contributed by atoms with van der Waals surface area (Å²) >= 11 is 0. The van der Waals surface area contributed by atoms with E-state index in [4.69, 9.17) is 9.15 Å². The number of aromatic nitrogens is 2. The first-order valence-corrected chi connectivity index (χ1v) is 7.07. The Morgan fingerprint density at radius 3 is 2.81 bits per heavy atom. The molecule has 110 valence electrons. The van der Waals surface area contributed by atoms with Crippen molar-refractivity contribution in [3.05, 3.63) is 42.7 Å². The van der Waals surface area contributed by atoms with E-state index < -0.39 is 0 Å². The van der Waals surface area contributed by atoms with Crippen molar-refractivity contribution in [2.75, 3.05) is 0 Å². The van der Waals surface area contributed by atoms with E-state index in [2.05, 4.69) is 15.3 Å². The van der Waals surface area contributed by atoms with E-state index in [0.29, 0.717) is 11.4 Å². The van der Waals surface area contributed by atoms with Crippen molar-refractivity contribution < 1.29 is 13.9 Å². The van der Waals surface area contributed by atoms with Gasteiger partial charge in [-0.05, 0) is 31.7 Å². The van der Waals surface area contributed by atoms with Gasteiger partial charge in [-0.25, -0.2) is 4.98 Å².